The van der Waals surface area contributed by atoms with Gasteiger partial charge in [-0.2, -0.15) is 0 Å². The van der Waals surface area contributed by atoms with Crippen molar-refractivity contribution < 1.29 is 0 Å². The fraction of sp³-hybridized carbons (Fsp3) is 0.333. The number of benzene rings is 2. The predicted octanol–water partition coefficient (Wildman–Crippen LogP) is 3.39. The largest absolute Gasteiger partial charge is 0.271 e. The molecule has 0 saturated carbocycles. The molecular formula is C18H24N2. The van der Waals surface area contributed by atoms with Gasteiger partial charge in [-0.1, -0.05) is 54.6 Å². The van der Waals surface area contributed by atoms with Crippen molar-refractivity contribution >= 4 is 0 Å². The van der Waals surface area contributed by atoms with Crippen molar-refractivity contribution in [3.05, 3.63) is 71.3 Å². The zero-order valence-corrected chi connectivity index (χ0v) is 12.2. The lowest BCUT2D eigenvalue weighted by atomic mass is 9.97. The smallest absolute Gasteiger partial charge is 0.0251 e. The summed E-state index contributed by atoms with van der Waals surface area (Å²) in [4.78, 5) is 0. The van der Waals surface area contributed by atoms with Crippen LogP contribution < -0.4 is 11.3 Å². The first-order valence-electron chi connectivity index (χ1n) is 7.34. The molecule has 0 spiro atoms. The maximum atomic E-state index is 5.70. The van der Waals surface area contributed by atoms with Crippen molar-refractivity contribution in [2.24, 2.45) is 5.84 Å². The van der Waals surface area contributed by atoms with Crippen LogP contribution in [0.15, 0.2) is 54.6 Å². The van der Waals surface area contributed by atoms with E-state index in [0.717, 1.165) is 25.7 Å². The highest BCUT2D eigenvalue weighted by molar-refractivity contribution is 5.26. The van der Waals surface area contributed by atoms with Gasteiger partial charge < -0.3 is 0 Å². The molecule has 1 unspecified atom stereocenters. The molecule has 0 aliphatic rings. The maximum Gasteiger partial charge on any atom is 0.0251 e. The molecule has 0 saturated heterocycles. The summed E-state index contributed by atoms with van der Waals surface area (Å²) in [5.41, 5.74) is 7.09. The third kappa shape index (κ3) is 4.48. The van der Waals surface area contributed by atoms with Crippen LogP contribution in [0, 0.1) is 6.92 Å². The molecule has 2 rings (SSSR count). The second kappa shape index (κ2) is 7.83. The Labute approximate surface area is 122 Å². The highest BCUT2D eigenvalue weighted by Crippen LogP contribution is 2.13. The minimum atomic E-state index is 0.347. The molecular weight excluding hydrogens is 244 g/mol. The van der Waals surface area contributed by atoms with Crippen LogP contribution in [0.25, 0.3) is 0 Å². The average Bonchev–Trinajstić information content (AvgIpc) is 2.49. The van der Waals surface area contributed by atoms with Crippen molar-refractivity contribution in [1.29, 1.82) is 0 Å². The van der Waals surface area contributed by atoms with Crippen molar-refractivity contribution in [2.75, 3.05) is 0 Å². The molecule has 2 aromatic rings. The molecule has 0 aliphatic heterocycles. The standard InChI is InChI=1S/C18H24N2/c1-15-8-5-6-12-17(15)14-18(20-19)13-7-11-16-9-3-2-4-10-16/h2-6,8-10,12,18,20H,7,11,13-14,19H2,1H3. The Bertz CT molecular complexity index is 508. The maximum absolute atomic E-state index is 5.70. The van der Waals surface area contributed by atoms with Crippen molar-refractivity contribution in [3.63, 3.8) is 0 Å². The van der Waals surface area contributed by atoms with Gasteiger partial charge >= 0.3 is 0 Å². The summed E-state index contributed by atoms with van der Waals surface area (Å²) in [5.74, 6) is 5.70. The Morgan fingerprint density at radius 3 is 2.40 bits per heavy atom. The molecule has 1 atom stereocenters. The van der Waals surface area contributed by atoms with Gasteiger partial charge in [-0.3, -0.25) is 11.3 Å². The van der Waals surface area contributed by atoms with E-state index in [0.29, 0.717) is 6.04 Å². The van der Waals surface area contributed by atoms with E-state index in [1.54, 1.807) is 0 Å². The minimum Gasteiger partial charge on any atom is -0.271 e. The first kappa shape index (κ1) is 14.8. The van der Waals surface area contributed by atoms with E-state index < -0.39 is 0 Å². The molecule has 20 heavy (non-hydrogen) atoms. The third-order valence-electron chi connectivity index (χ3n) is 3.82. The summed E-state index contributed by atoms with van der Waals surface area (Å²) in [6, 6.07) is 19.5. The van der Waals surface area contributed by atoms with Gasteiger partial charge in [0.1, 0.15) is 0 Å². The number of hydrogen-bond acceptors (Lipinski definition) is 2. The Hall–Kier alpha value is -1.64. The van der Waals surface area contributed by atoms with Gasteiger partial charge in [0, 0.05) is 6.04 Å². The van der Waals surface area contributed by atoms with Crippen LogP contribution in [-0.2, 0) is 12.8 Å². The molecule has 2 heteroatoms. The summed E-state index contributed by atoms with van der Waals surface area (Å²) < 4.78 is 0. The van der Waals surface area contributed by atoms with Crippen LogP contribution in [0.2, 0.25) is 0 Å². The lowest BCUT2D eigenvalue weighted by Crippen LogP contribution is -2.37. The molecule has 0 heterocycles. The number of hydrazine groups is 1. The normalized spacial score (nSPS) is 12.3. The Morgan fingerprint density at radius 2 is 1.70 bits per heavy atom. The average molecular weight is 268 g/mol. The monoisotopic (exact) mass is 268 g/mol. The number of aryl methyl sites for hydroxylation is 2. The highest BCUT2D eigenvalue weighted by atomic mass is 15.2. The van der Waals surface area contributed by atoms with Gasteiger partial charge in [-0.05, 0) is 49.3 Å². The molecule has 0 radical (unpaired) electrons. The van der Waals surface area contributed by atoms with Crippen LogP contribution in [0.4, 0.5) is 0 Å². The molecule has 3 N–H and O–H groups in total. The highest BCUT2D eigenvalue weighted by Gasteiger charge is 2.09. The molecule has 0 aromatic heterocycles. The molecule has 2 aromatic carbocycles. The van der Waals surface area contributed by atoms with Crippen LogP contribution in [0.1, 0.15) is 29.5 Å². The lowest BCUT2D eigenvalue weighted by molar-refractivity contribution is 0.475. The zero-order valence-electron chi connectivity index (χ0n) is 12.2. The molecule has 0 fully saturated rings. The fourth-order valence-corrected chi connectivity index (χ4v) is 2.55. The van der Waals surface area contributed by atoms with Crippen LogP contribution >= 0.6 is 0 Å². The van der Waals surface area contributed by atoms with Crippen LogP contribution in [-0.4, -0.2) is 6.04 Å². The quantitative estimate of drug-likeness (QED) is 0.596. The molecule has 2 nitrogen and oxygen atoms in total. The predicted molar refractivity (Wildman–Crippen MR) is 85.4 cm³/mol. The molecule has 0 amide bonds. The van der Waals surface area contributed by atoms with E-state index in [9.17, 15) is 0 Å². The van der Waals surface area contributed by atoms with E-state index >= 15 is 0 Å². The summed E-state index contributed by atoms with van der Waals surface area (Å²) in [6.07, 6.45) is 4.37. The second-order valence-corrected chi connectivity index (χ2v) is 5.37. The lowest BCUT2D eigenvalue weighted by Gasteiger charge is -2.17. The van der Waals surface area contributed by atoms with Gasteiger partial charge in [-0.15, -0.1) is 0 Å². The molecule has 0 aliphatic carbocycles. The Morgan fingerprint density at radius 1 is 1.00 bits per heavy atom. The number of nitrogens with one attached hydrogen (secondary N) is 1. The van der Waals surface area contributed by atoms with Crippen molar-refractivity contribution in [1.82, 2.24) is 5.43 Å². The van der Waals surface area contributed by atoms with Gasteiger partial charge in [0.15, 0.2) is 0 Å². The second-order valence-electron chi connectivity index (χ2n) is 5.37. The van der Waals surface area contributed by atoms with E-state index in [4.69, 9.17) is 5.84 Å². The van der Waals surface area contributed by atoms with E-state index in [-0.39, 0.29) is 0 Å². The summed E-state index contributed by atoms with van der Waals surface area (Å²) in [6.45, 7) is 2.16. The van der Waals surface area contributed by atoms with Gasteiger partial charge in [0.25, 0.3) is 0 Å². The first-order chi connectivity index (χ1) is 9.79. The van der Waals surface area contributed by atoms with Crippen LogP contribution in [0.3, 0.4) is 0 Å². The Balaban J connectivity index is 1.82. The number of nitrogens with two attached hydrogens (primary N) is 1. The topological polar surface area (TPSA) is 38.0 Å². The van der Waals surface area contributed by atoms with Crippen molar-refractivity contribution in [2.45, 2.75) is 38.6 Å². The number of rotatable bonds is 7. The third-order valence-corrected chi connectivity index (χ3v) is 3.82. The minimum absolute atomic E-state index is 0.347. The number of hydrogen-bond donors (Lipinski definition) is 2. The van der Waals surface area contributed by atoms with Gasteiger partial charge in [0.2, 0.25) is 0 Å². The fourth-order valence-electron chi connectivity index (χ4n) is 2.55. The summed E-state index contributed by atoms with van der Waals surface area (Å²) in [5, 5.41) is 0. The zero-order chi connectivity index (χ0) is 14.2. The van der Waals surface area contributed by atoms with Gasteiger partial charge in [0.05, 0.1) is 0 Å². The molecule has 0 bridgehead atoms. The summed E-state index contributed by atoms with van der Waals surface area (Å²) in [7, 11) is 0. The van der Waals surface area contributed by atoms with Crippen molar-refractivity contribution in [3.8, 4) is 0 Å². The van der Waals surface area contributed by atoms with Crippen LogP contribution in [0.5, 0.6) is 0 Å². The molecule has 106 valence electrons. The van der Waals surface area contributed by atoms with E-state index in [2.05, 4.69) is 66.9 Å². The Kier molecular flexibility index (Phi) is 5.78. The van der Waals surface area contributed by atoms with E-state index in [1.807, 2.05) is 0 Å². The summed E-state index contributed by atoms with van der Waals surface area (Å²) >= 11 is 0. The first-order valence-corrected chi connectivity index (χ1v) is 7.34. The van der Waals surface area contributed by atoms with E-state index in [1.165, 1.54) is 16.7 Å². The SMILES string of the molecule is Cc1ccccc1CC(CCCc1ccccc1)NN. The van der Waals surface area contributed by atoms with Gasteiger partial charge in [-0.25, -0.2) is 0 Å².